The maximum Gasteiger partial charge on any atom is 0.333 e. The van der Waals surface area contributed by atoms with Crippen molar-refractivity contribution in [1.82, 2.24) is 10.2 Å². The summed E-state index contributed by atoms with van der Waals surface area (Å²) in [4.78, 5) is 34.4. The van der Waals surface area contributed by atoms with Crippen LogP contribution in [-0.4, -0.2) is 34.1 Å². The Bertz CT molecular complexity index is 457. The number of rotatable bonds is 1. The van der Waals surface area contributed by atoms with Gasteiger partial charge in [-0.2, -0.15) is 0 Å². The van der Waals surface area contributed by atoms with Gasteiger partial charge in [-0.25, -0.2) is 9.69 Å². The predicted octanol–water partition coefficient (Wildman–Crippen LogP) is -0.303. The average Bonchev–Trinajstić information content (AvgIpc) is 2.54. The summed E-state index contributed by atoms with van der Waals surface area (Å²) >= 11 is 0. The second-order valence-corrected chi connectivity index (χ2v) is 3.21. The molecule has 1 saturated heterocycles. The van der Waals surface area contributed by atoms with E-state index in [1.54, 1.807) is 18.2 Å². The van der Waals surface area contributed by atoms with E-state index in [2.05, 4.69) is 0 Å². The average molecular weight is 220 g/mol. The van der Waals surface area contributed by atoms with E-state index in [1.165, 1.54) is 12.1 Å². The van der Waals surface area contributed by atoms with Crippen LogP contribution in [0, 0.1) is 0 Å². The molecule has 0 aliphatic carbocycles. The van der Waals surface area contributed by atoms with Crippen LogP contribution in [0.3, 0.4) is 0 Å². The number of amides is 4. The van der Waals surface area contributed by atoms with Gasteiger partial charge in [-0.1, -0.05) is 18.2 Å². The fourth-order valence-corrected chi connectivity index (χ4v) is 1.38. The first kappa shape index (κ1) is 10.3. The minimum Gasteiger partial charge on any atom is -0.365 e. The topological polar surface area (TPSA) is 86.7 Å². The summed E-state index contributed by atoms with van der Waals surface area (Å²) in [7, 11) is 0. The Morgan fingerprint density at radius 3 is 2.38 bits per heavy atom. The van der Waals surface area contributed by atoms with Crippen LogP contribution >= 0.6 is 0 Å². The van der Waals surface area contributed by atoms with E-state index in [0.717, 1.165) is 0 Å². The van der Waals surface area contributed by atoms with Crippen LogP contribution in [0.15, 0.2) is 30.3 Å². The van der Waals surface area contributed by atoms with Crippen molar-refractivity contribution in [2.75, 3.05) is 0 Å². The molecule has 2 rings (SSSR count). The van der Waals surface area contributed by atoms with Gasteiger partial charge in [0.1, 0.15) is 0 Å². The fraction of sp³-hybridized carbons (Fsp3) is 0.100. The van der Waals surface area contributed by atoms with Gasteiger partial charge in [-0.05, 0) is 12.1 Å². The third-order valence-electron chi connectivity index (χ3n) is 2.17. The largest absolute Gasteiger partial charge is 0.365 e. The van der Waals surface area contributed by atoms with E-state index in [0.29, 0.717) is 4.90 Å². The van der Waals surface area contributed by atoms with Crippen molar-refractivity contribution in [3.8, 4) is 0 Å². The van der Waals surface area contributed by atoms with Crippen molar-refractivity contribution in [2.24, 2.45) is 0 Å². The number of nitrogens with one attached hydrogen (secondary N) is 1. The third-order valence-corrected chi connectivity index (χ3v) is 2.17. The number of aliphatic hydroxyl groups excluding tert-OH is 1. The molecule has 1 aliphatic rings. The van der Waals surface area contributed by atoms with Crippen LogP contribution in [-0.2, 0) is 4.79 Å². The lowest BCUT2D eigenvalue weighted by Crippen LogP contribution is -2.40. The van der Waals surface area contributed by atoms with Crippen LogP contribution in [0.4, 0.5) is 4.79 Å². The number of imide groups is 2. The van der Waals surface area contributed by atoms with Gasteiger partial charge in [-0.15, -0.1) is 0 Å². The molecule has 82 valence electrons. The van der Waals surface area contributed by atoms with Crippen molar-refractivity contribution in [1.29, 1.82) is 0 Å². The number of nitrogens with zero attached hydrogens (tertiary/aromatic N) is 1. The second-order valence-electron chi connectivity index (χ2n) is 3.21. The molecule has 6 nitrogen and oxygen atoms in total. The molecule has 1 heterocycles. The molecule has 0 bridgehead atoms. The lowest BCUT2D eigenvalue weighted by atomic mass is 10.2. The highest BCUT2D eigenvalue weighted by Crippen LogP contribution is 2.11. The van der Waals surface area contributed by atoms with Crippen molar-refractivity contribution in [2.45, 2.75) is 6.23 Å². The molecule has 0 spiro atoms. The molecule has 0 aromatic heterocycles. The number of carbonyl (C=O) groups is 3. The second kappa shape index (κ2) is 3.74. The highest BCUT2D eigenvalue weighted by Gasteiger charge is 2.41. The minimum absolute atomic E-state index is 0.228. The Morgan fingerprint density at radius 2 is 1.88 bits per heavy atom. The van der Waals surface area contributed by atoms with Crippen LogP contribution in [0.1, 0.15) is 10.4 Å². The summed E-state index contributed by atoms with van der Waals surface area (Å²) in [5.74, 6) is -1.61. The molecule has 0 radical (unpaired) electrons. The van der Waals surface area contributed by atoms with Crippen molar-refractivity contribution >= 4 is 17.8 Å². The van der Waals surface area contributed by atoms with E-state index < -0.39 is 24.1 Å². The van der Waals surface area contributed by atoms with Gasteiger partial charge < -0.3 is 5.11 Å². The highest BCUT2D eigenvalue weighted by molar-refractivity contribution is 6.14. The van der Waals surface area contributed by atoms with E-state index >= 15 is 0 Å². The molecule has 4 amide bonds. The summed E-state index contributed by atoms with van der Waals surface area (Å²) in [6, 6.07) is 7.02. The number of carbonyl (C=O) groups excluding carboxylic acids is 3. The van der Waals surface area contributed by atoms with Crippen molar-refractivity contribution in [3.05, 3.63) is 35.9 Å². The zero-order chi connectivity index (χ0) is 11.7. The number of aliphatic hydroxyl groups is 1. The molecule has 1 aromatic carbocycles. The molecule has 1 unspecified atom stereocenters. The fourth-order valence-electron chi connectivity index (χ4n) is 1.38. The number of hydrogen-bond acceptors (Lipinski definition) is 4. The van der Waals surface area contributed by atoms with E-state index in [9.17, 15) is 19.5 Å². The molecule has 1 aromatic rings. The highest BCUT2D eigenvalue weighted by atomic mass is 16.3. The van der Waals surface area contributed by atoms with Crippen molar-refractivity contribution in [3.63, 3.8) is 0 Å². The molecule has 0 saturated carbocycles. The molecule has 6 heteroatoms. The predicted molar refractivity (Wildman–Crippen MR) is 52.2 cm³/mol. The Kier molecular flexibility index (Phi) is 2.41. The molecule has 1 fully saturated rings. The van der Waals surface area contributed by atoms with Gasteiger partial charge in [0.25, 0.3) is 11.8 Å². The van der Waals surface area contributed by atoms with E-state index in [-0.39, 0.29) is 5.56 Å². The van der Waals surface area contributed by atoms with E-state index in [1.807, 2.05) is 5.32 Å². The normalized spacial score (nSPS) is 19.8. The smallest absolute Gasteiger partial charge is 0.333 e. The SMILES string of the molecule is O=C1NC(=O)N(C(=O)c2ccccc2)C1O. The van der Waals surface area contributed by atoms with Gasteiger partial charge in [0.2, 0.25) is 6.23 Å². The van der Waals surface area contributed by atoms with Crippen LogP contribution in [0.2, 0.25) is 0 Å². The number of hydrogen-bond donors (Lipinski definition) is 2. The summed E-state index contributed by atoms with van der Waals surface area (Å²) in [5.41, 5.74) is 0.228. The summed E-state index contributed by atoms with van der Waals surface area (Å²) in [6.07, 6.45) is -1.75. The van der Waals surface area contributed by atoms with Gasteiger partial charge in [0, 0.05) is 5.56 Å². The number of benzene rings is 1. The molecular weight excluding hydrogens is 212 g/mol. The summed E-state index contributed by atoms with van der Waals surface area (Å²) in [5, 5.41) is 11.2. The molecule has 2 N–H and O–H groups in total. The standard InChI is InChI=1S/C10H8N2O4/c13-7-9(15)12(10(16)11-7)8(14)6-4-2-1-3-5-6/h1-5,9,15H,(H,11,13,16). The Morgan fingerprint density at radius 1 is 1.25 bits per heavy atom. The van der Waals surface area contributed by atoms with Crippen molar-refractivity contribution < 1.29 is 19.5 Å². The molecule has 16 heavy (non-hydrogen) atoms. The third kappa shape index (κ3) is 1.55. The first-order valence-corrected chi connectivity index (χ1v) is 4.53. The van der Waals surface area contributed by atoms with Gasteiger partial charge >= 0.3 is 6.03 Å². The van der Waals surface area contributed by atoms with Gasteiger partial charge in [0.05, 0.1) is 0 Å². The Hall–Kier alpha value is -2.21. The first-order valence-electron chi connectivity index (χ1n) is 4.53. The van der Waals surface area contributed by atoms with Crippen LogP contribution in [0.5, 0.6) is 0 Å². The quantitative estimate of drug-likeness (QED) is 0.636. The van der Waals surface area contributed by atoms with Gasteiger partial charge in [-0.3, -0.25) is 14.9 Å². The van der Waals surface area contributed by atoms with E-state index in [4.69, 9.17) is 0 Å². The Labute approximate surface area is 90.5 Å². The van der Waals surface area contributed by atoms with Crippen LogP contribution < -0.4 is 5.32 Å². The zero-order valence-corrected chi connectivity index (χ0v) is 8.08. The maximum absolute atomic E-state index is 11.8. The lowest BCUT2D eigenvalue weighted by Gasteiger charge is -2.14. The van der Waals surface area contributed by atoms with Crippen LogP contribution in [0.25, 0.3) is 0 Å². The Balaban J connectivity index is 2.30. The lowest BCUT2D eigenvalue weighted by molar-refractivity contribution is -0.129. The minimum atomic E-state index is -1.75. The first-order chi connectivity index (χ1) is 7.61. The molecular formula is C10H8N2O4. The summed E-state index contributed by atoms with van der Waals surface area (Å²) in [6.45, 7) is 0. The zero-order valence-electron chi connectivity index (χ0n) is 8.08. The summed E-state index contributed by atoms with van der Waals surface area (Å²) < 4.78 is 0. The monoisotopic (exact) mass is 220 g/mol. The molecule has 1 aliphatic heterocycles. The van der Waals surface area contributed by atoms with Gasteiger partial charge in [0.15, 0.2) is 0 Å². The molecule has 1 atom stereocenters. The maximum atomic E-state index is 11.8. The number of urea groups is 1.